The van der Waals surface area contributed by atoms with Crippen molar-refractivity contribution in [1.82, 2.24) is 0 Å². The molecular formula is C6H14N4Si. The topological polar surface area (TPSA) is 74.8 Å². The molecule has 1 aliphatic rings. The van der Waals surface area contributed by atoms with Gasteiger partial charge in [0.1, 0.15) is 0 Å². The Balaban J connectivity index is 2.66. The number of nitrogens with zero attached hydrogens (tertiary/aromatic N) is 3. The Morgan fingerprint density at radius 2 is 2.18 bits per heavy atom. The lowest BCUT2D eigenvalue weighted by molar-refractivity contribution is 0.630. The predicted molar refractivity (Wildman–Crippen MR) is 48.0 cm³/mol. The molecule has 0 aromatic heterocycles. The molecule has 1 saturated heterocycles. The summed E-state index contributed by atoms with van der Waals surface area (Å²) in [5.74, 6) is 0. The van der Waals surface area contributed by atoms with Gasteiger partial charge < -0.3 is 5.73 Å². The lowest BCUT2D eigenvalue weighted by Gasteiger charge is -2.11. The van der Waals surface area contributed by atoms with E-state index in [1.807, 2.05) is 0 Å². The Morgan fingerprint density at radius 1 is 1.55 bits per heavy atom. The summed E-state index contributed by atoms with van der Waals surface area (Å²) >= 11 is 0. The van der Waals surface area contributed by atoms with Gasteiger partial charge in [0.15, 0.2) is 0 Å². The fourth-order valence-electron chi connectivity index (χ4n) is 1.77. The summed E-state index contributed by atoms with van der Waals surface area (Å²) in [6, 6.07) is 2.34. The molecule has 5 heteroatoms. The van der Waals surface area contributed by atoms with Crippen LogP contribution in [-0.4, -0.2) is 20.2 Å². The highest BCUT2D eigenvalue weighted by Gasteiger charge is 2.37. The molecule has 2 atom stereocenters. The second kappa shape index (κ2) is 2.85. The molecule has 0 bridgehead atoms. The molecule has 0 spiro atoms. The van der Waals surface area contributed by atoms with Crippen molar-refractivity contribution in [1.29, 1.82) is 0 Å². The monoisotopic (exact) mass is 170 g/mol. The number of hydrogen-bond acceptors (Lipinski definition) is 2. The first kappa shape index (κ1) is 8.58. The zero-order valence-electron chi connectivity index (χ0n) is 6.99. The highest BCUT2D eigenvalue weighted by atomic mass is 28.3. The Hall–Kier alpha value is -0.513. The van der Waals surface area contributed by atoms with Crippen LogP contribution < -0.4 is 5.73 Å². The number of nitrogens with two attached hydrogens (primary N) is 1. The van der Waals surface area contributed by atoms with E-state index in [2.05, 4.69) is 23.1 Å². The number of hydrogen-bond donors (Lipinski definition) is 1. The molecule has 0 aromatic carbocycles. The predicted octanol–water partition coefficient (Wildman–Crippen LogP) is 1.71. The van der Waals surface area contributed by atoms with Crippen LogP contribution in [0.1, 0.15) is 0 Å². The molecule has 0 aromatic rings. The Morgan fingerprint density at radius 3 is 2.55 bits per heavy atom. The minimum Gasteiger partial charge on any atom is -0.328 e. The molecule has 0 aliphatic carbocycles. The van der Waals surface area contributed by atoms with Gasteiger partial charge in [-0.15, -0.1) is 0 Å². The lowest BCUT2D eigenvalue weighted by atomic mass is 10.2. The van der Waals surface area contributed by atoms with Crippen LogP contribution in [0.4, 0.5) is 0 Å². The van der Waals surface area contributed by atoms with Crippen LogP contribution in [0.3, 0.4) is 0 Å². The first-order valence-corrected chi connectivity index (χ1v) is 7.26. The molecule has 0 saturated carbocycles. The molecule has 2 unspecified atom stereocenters. The van der Waals surface area contributed by atoms with Crippen molar-refractivity contribution < 1.29 is 0 Å². The van der Waals surface area contributed by atoms with Gasteiger partial charge in [-0.3, -0.25) is 0 Å². The summed E-state index contributed by atoms with van der Waals surface area (Å²) < 4.78 is 0. The largest absolute Gasteiger partial charge is 0.328 e. The van der Waals surface area contributed by atoms with E-state index < -0.39 is 8.07 Å². The third-order valence-electron chi connectivity index (χ3n) is 2.24. The third kappa shape index (κ3) is 1.96. The Bertz CT molecular complexity index is 197. The maximum atomic E-state index is 8.23. The van der Waals surface area contributed by atoms with Crippen LogP contribution >= 0.6 is 0 Å². The van der Waals surface area contributed by atoms with Gasteiger partial charge in [-0.1, -0.05) is 18.2 Å². The quantitative estimate of drug-likeness (QED) is 0.276. The minimum atomic E-state index is -1.09. The third-order valence-corrected chi connectivity index (χ3v) is 5.34. The van der Waals surface area contributed by atoms with Gasteiger partial charge >= 0.3 is 0 Å². The van der Waals surface area contributed by atoms with Crippen molar-refractivity contribution in [2.75, 3.05) is 0 Å². The summed E-state index contributed by atoms with van der Waals surface area (Å²) in [6.45, 7) is 4.58. The molecule has 2 N–H and O–H groups in total. The van der Waals surface area contributed by atoms with Crippen molar-refractivity contribution in [2.24, 2.45) is 10.8 Å². The van der Waals surface area contributed by atoms with Crippen LogP contribution in [0.2, 0.25) is 25.2 Å². The molecule has 0 radical (unpaired) electrons. The molecule has 0 amide bonds. The second-order valence-corrected chi connectivity index (χ2v) is 9.15. The van der Waals surface area contributed by atoms with Crippen molar-refractivity contribution in [3.05, 3.63) is 10.4 Å². The Kier molecular flexibility index (Phi) is 2.22. The summed E-state index contributed by atoms with van der Waals surface area (Å²) in [5, 5.41) is 3.69. The maximum Gasteiger partial charge on any atom is 0.0499 e. The van der Waals surface area contributed by atoms with Gasteiger partial charge in [-0.2, -0.15) is 0 Å². The van der Waals surface area contributed by atoms with E-state index in [9.17, 15) is 0 Å². The molecule has 4 nitrogen and oxygen atoms in total. The molecule has 1 aliphatic heterocycles. The van der Waals surface area contributed by atoms with Crippen LogP contribution in [-0.2, 0) is 0 Å². The zero-order valence-corrected chi connectivity index (χ0v) is 7.99. The van der Waals surface area contributed by atoms with E-state index in [1.165, 1.54) is 0 Å². The van der Waals surface area contributed by atoms with E-state index >= 15 is 0 Å². The smallest absolute Gasteiger partial charge is 0.0499 e. The maximum absolute atomic E-state index is 8.23. The summed E-state index contributed by atoms with van der Waals surface area (Å²) in [7, 11) is -1.09. The molecule has 1 fully saturated rings. The fraction of sp³-hybridized carbons (Fsp3) is 1.00. The van der Waals surface area contributed by atoms with Gasteiger partial charge in [0.05, 0.1) is 0 Å². The molecular weight excluding hydrogens is 156 g/mol. The van der Waals surface area contributed by atoms with E-state index in [0.717, 1.165) is 12.1 Å². The van der Waals surface area contributed by atoms with E-state index in [4.69, 9.17) is 11.3 Å². The summed E-state index contributed by atoms with van der Waals surface area (Å²) in [5.41, 5.74) is 14.0. The molecule has 1 rings (SSSR count). The van der Waals surface area contributed by atoms with Crippen molar-refractivity contribution in [3.8, 4) is 0 Å². The minimum absolute atomic E-state index is 0.0710. The highest BCUT2D eigenvalue weighted by molar-refractivity contribution is 6.78. The standard InChI is InChI=1S/C6H14N4Si/c1-11(2)3-5(7)6(4-11)9-10-8/h5-6H,3-4,7H2,1-2H3. The van der Waals surface area contributed by atoms with Crippen molar-refractivity contribution in [2.45, 2.75) is 37.3 Å². The summed E-state index contributed by atoms with van der Waals surface area (Å²) in [6.07, 6.45) is 0. The van der Waals surface area contributed by atoms with E-state index in [0.29, 0.717) is 0 Å². The lowest BCUT2D eigenvalue weighted by Crippen LogP contribution is -2.27. The first-order valence-electron chi connectivity index (χ1n) is 3.85. The van der Waals surface area contributed by atoms with Crippen molar-refractivity contribution in [3.63, 3.8) is 0 Å². The van der Waals surface area contributed by atoms with Crippen LogP contribution in [0, 0.1) is 0 Å². The van der Waals surface area contributed by atoms with E-state index in [-0.39, 0.29) is 12.1 Å². The van der Waals surface area contributed by atoms with Crippen LogP contribution in [0.25, 0.3) is 10.4 Å². The van der Waals surface area contributed by atoms with Gasteiger partial charge in [0.2, 0.25) is 0 Å². The van der Waals surface area contributed by atoms with Gasteiger partial charge in [0.25, 0.3) is 0 Å². The van der Waals surface area contributed by atoms with Gasteiger partial charge in [0, 0.05) is 25.1 Å². The highest BCUT2D eigenvalue weighted by Crippen LogP contribution is 2.31. The summed E-state index contributed by atoms with van der Waals surface area (Å²) in [4.78, 5) is 2.80. The normalized spacial score (nSPS) is 34.8. The average Bonchev–Trinajstić information content (AvgIpc) is 2.07. The fourth-order valence-corrected chi connectivity index (χ4v) is 5.00. The van der Waals surface area contributed by atoms with Crippen LogP contribution in [0.5, 0.6) is 0 Å². The van der Waals surface area contributed by atoms with Gasteiger partial charge in [-0.25, -0.2) is 0 Å². The van der Waals surface area contributed by atoms with Crippen LogP contribution in [0.15, 0.2) is 5.11 Å². The molecule has 1 heterocycles. The number of azide groups is 1. The molecule has 62 valence electrons. The molecule has 11 heavy (non-hydrogen) atoms. The number of rotatable bonds is 1. The van der Waals surface area contributed by atoms with Crippen molar-refractivity contribution >= 4 is 8.07 Å². The zero-order chi connectivity index (χ0) is 8.48. The first-order chi connectivity index (χ1) is 5.05. The second-order valence-electron chi connectivity index (χ2n) is 4.01. The SMILES string of the molecule is C[Si]1(C)CC(N)C(N=[N+]=[N-])C1. The van der Waals surface area contributed by atoms with E-state index in [1.54, 1.807) is 0 Å². The van der Waals surface area contributed by atoms with Gasteiger partial charge in [-0.05, 0) is 17.6 Å². The Labute approximate surface area is 67.4 Å². The average molecular weight is 170 g/mol.